The van der Waals surface area contributed by atoms with E-state index in [1.807, 2.05) is 31.5 Å². The minimum Gasteiger partial charge on any atom is -0.351 e. The minimum absolute atomic E-state index is 0.320. The lowest BCUT2D eigenvalue weighted by atomic mass is 10.1. The predicted molar refractivity (Wildman–Crippen MR) is 86.1 cm³/mol. The molecule has 1 aromatic heterocycles. The fourth-order valence-electron chi connectivity index (χ4n) is 1.86. The highest BCUT2D eigenvalue weighted by Gasteiger charge is 2.09. The fourth-order valence-corrected chi connectivity index (χ4v) is 2.18. The molecule has 0 fully saturated rings. The third kappa shape index (κ3) is 3.95. The molecular weight excluding hydrogens is 286 g/mol. The largest absolute Gasteiger partial charge is 0.351 e. The molecule has 1 heterocycles. The van der Waals surface area contributed by atoms with Gasteiger partial charge in [0.05, 0.1) is 16.8 Å². The van der Waals surface area contributed by atoms with Crippen molar-refractivity contribution in [3.8, 4) is 0 Å². The molecule has 1 N–H and O–H groups in total. The predicted octanol–water partition coefficient (Wildman–Crippen LogP) is 3.79. The standard InChI is InChI=1S/C16H18ClN3O/c1-11(2)20-7-6-13(10-20)9-18-19-16(21)14-5-4-12(3)8-15(14)17/h4-11H,1-3H3,(H,19,21)/b18-9-. The minimum atomic E-state index is -0.320. The van der Waals surface area contributed by atoms with Gasteiger partial charge in [-0.3, -0.25) is 4.79 Å². The van der Waals surface area contributed by atoms with Crippen molar-refractivity contribution in [2.45, 2.75) is 26.8 Å². The number of nitrogens with one attached hydrogen (secondary N) is 1. The highest BCUT2D eigenvalue weighted by Crippen LogP contribution is 2.17. The van der Waals surface area contributed by atoms with E-state index in [1.165, 1.54) is 0 Å². The number of benzene rings is 1. The summed E-state index contributed by atoms with van der Waals surface area (Å²) in [7, 11) is 0. The smallest absolute Gasteiger partial charge is 0.272 e. The molecule has 1 amide bonds. The summed E-state index contributed by atoms with van der Waals surface area (Å²) in [6.45, 7) is 6.12. The third-order valence-corrected chi connectivity index (χ3v) is 3.40. The number of aromatic nitrogens is 1. The summed E-state index contributed by atoms with van der Waals surface area (Å²) in [6, 6.07) is 7.62. The fraction of sp³-hybridized carbons (Fsp3) is 0.250. The molecule has 0 spiro atoms. The maximum Gasteiger partial charge on any atom is 0.272 e. The van der Waals surface area contributed by atoms with Crippen molar-refractivity contribution in [2.75, 3.05) is 0 Å². The van der Waals surface area contributed by atoms with Crippen LogP contribution in [0.15, 0.2) is 41.8 Å². The first-order valence-electron chi connectivity index (χ1n) is 6.74. The van der Waals surface area contributed by atoms with Crippen LogP contribution in [0.2, 0.25) is 5.02 Å². The third-order valence-electron chi connectivity index (χ3n) is 3.08. The molecule has 0 saturated heterocycles. The summed E-state index contributed by atoms with van der Waals surface area (Å²) in [6.07, 6.45) is 5.56. The lowest BCUT2D eigenvalue weighted by molar-refractivity contribution is 0.0955. The van der Waals surface area contributed by atoms with E-state index in [0.29, 0.717) is 16.6 Å². The Labute approximate surface area is 129 Å². The van der Waals surface area contributed by atoms with E-state index in [9.17, 15) is 4.79 Å². The van der Waals surface area contributed by atoms with Gasteiger partial charge in [0, 0.05) is 24.0 Å². The van der Waals surface area contributed by atoms with Crippen molar-refractivity contribution in [3.63, 3.8) is 0 Å². The summed E-state index contributed by atoms with van der Waals surface area (Å²) in [5, 5.41) is 4.38. The van der Waals surface area contributed by atoms with E-state index in [4.69, 9.17) is 11.6 Å². The Morgan fingerprint density at radius 1 is 1.38 bits per heavy atom. The molecule has 0 atom stereocenters. The Hall–Kier alpha value is -2.07. The van der Waals surface area contributed by atoms with Crippen LogP contribution >= 0.6 is 11.6 Å². The summed E-state index contributed by atoms with van der Waals surface area (Å²) >= 11 is 6.04. The molecule has 2 rings (SSSR count). The molecule has 0 saturated carbocycles. The zero-order chi connectivity index (χ0) is 15.4. The van der Waals surface area contributed by atoms with Crippen LogP contribution in [-0.2, 0) is 0 Å². The van der Waals surface area contributed by atoms with Crippen LogP contribution < -0.4 is 5.43 Å². The van der Waals surface area contributed by atoms with Gasteiger partial charge in [-0.25, -0.2) is 5.43 Å². The first kappa shape index (κ1) is 15.3. The lowest BCUT2D eigenvalue weighted by Gasteiger charge is -2.04. The van der Waals surface area contributed by atoms with E-state index in [1.54, 1.807) is 18.3 Å². The number of carbonyl (C=O) groups excluding carboxylic acids is 1. The number of hydrazone groups is 1. The van der Waals surface area contributed by atoms with E-state index in [-0.39, 0.29) is 5.91 Å². The average molecular weight is 304 g/mol. The van der Waals surface area contributed by atoms with Crippen molar-refractivity contribution >= 4 is 23.7 Å². The Kier molecular flexibility index (Phi) is 4.81. The first-order chi connectivity index (χ1) is 9.97. The van der Waals surface area contributed by atoms with Crippen LogP contribution in [-0.4, -0.2) is 16.7 Å². The summed E-state index contributed by atoms with van der Waals surface area (Å²) in [5.41, 5.74) is 4.84. The van der Waals surface area contributed by atoms with E-state index in [2.05, 4.69) is 28.9 Å². The van der Waals surface area contributed by atoms with Crippen LogP contribution in [0.25, 0.3) is 0 Å². The highest BCUT2D eigenvalue weighted by atomic mass is 35.5. The monoisotopic (exact) mass is 303 g/mol. The molecule has 0 bridgehead atoms. The van der Waals surface area contributed by atoms with Gasteiger partial charge in [-0.15, -0.1) is 0 Å². The molecule has 0 aliphatic heterocycles. The second kappa shape index (κ2) is 6.59. The second-order valence-electron chi connectivity index (χ2n) is 5.17. The number of aryl methyl sites for hydroxylation is 1. The Balaban J connectivity index is 2.01. The topological polar surface area (TPSA) is 46.4 Å². The maximum atomic E-state index is 12.0. The summed E-state index contributed by atoms with van der Waals surface area (Å²) in [4.78, 5) is 12.0. The number of amides is 1. The Morgan fingerprint density at radius 3 is 2.76 bits per heavy atom. The van der Waals surface area contributed by atoms with Gasteiger partial charge < -0.3 is 4.57 Å². The highest BCUT2D eigenvalue weighted by molar-refractivity contribution is 6.33. The summed E-state index contributed by atoms with van der Waals surface area (Å²) in [5.74, 6) is -0.320. The molecule has 0 unspecified atom stereocenters. The van der Waals surface area contributed by atoms with Gasteiger partial charge in [0.1, 0.15) is 0 Å². The first-order valence-corrected chi connectivity index (χ1v) is 7.12. The molecule has 1 aromatic carbocycles. The molecule has 110 valence electrons. The van der Waals surface area contributed by atoms with Crippen molar-refractivity contribution < 1.29 is 4.79 Å². The van der Waals surface area contributed by atoms with E-state index >= 15 is 0 Å². The van der Waals surface area contributed by atoms with Crippen LogP contribution in [0.4, 0.5) is 0 Å². The SMILES string of the molecule is Cc1ccc(C(=O)N/N=C\c2ccn(C(C)C)c2)c(Cl)c1. The van der Waals surface area contributed by atoms with Crippen LogP contribution in [0.3, 0.4) is 0 Å². The maximum absolute atomic E-state index is 12.0. The number of halogens is 1. The van der Waals surface area contributed by atoms with Gasteiger partial charge in [-0.2, -0.15) is 5.10 Å². The van der Waals surface area contributed by atoms with Gasteiger partial charge in [0.2, 0.25) is 0 Å². The lowest BCUT2D eigenvalue weighted by Crippen LogP contribution is -2.18. The van der Waals surface area contributed by atoms with Gasteiger partial charge in [-0.1, -0.05) is 17.7 Å². The van der Waals surface area contributed by atoms with Crippen LogP contribution in [0, 0.1) is 6.92 Å². The van der Waals surface area contributed by atoms with Crippen molar-refractivity contribution in [1.82, 2.24) is 9.99 Å². The molecule has 21 heavy (non-hydrogen) atoms. The van der Waals surface area contributed by atoms with E-state index in [0.717, 1.165) is 11.1 Å². The molecule has 0 radical (unpaired) electrons. The molecule has 2 aromatic rings. The van der Waals surface area contributed by atoms with Gasteiger partial charge in [-0.05, 0) is 44.5 Å². The zero-order valence-electron chi connectivity index (χ0n) is 12.3. The quantitative estimate of drug-likeness (QED) is 0.678. The molecular formula is C16H18ClN3O. The Morgan fingerprint density at radius 2 is 2.14 bits per heavy atom. The molecule has 0 aliphatic carbocycles. The molecule has 5 heteroatoms. The number of rotatable bonds is 4. The average Bonchev–Trinajstić information content (AvgIpc) is 2.87. The number of hydrogen-bond acceptors (Lipinski definition) is 2. The van der Waals surface area contributed by atoms with E-state index < -0.39 is 0 Å². The summed E-state index contributed by atoms with van der Waals surface area (Å²) < 4.78 is 2.07. The second-order valence-corrected chi connectivity index (χ2v) is 5.58. The van der Waals surface area contributed by atoms with Gasteiger partial charge in [0.25, 0.3) is 5.91 Å². The van der Waals surface area contributed by atoms with Crippen molar-refractivity contribution in [2.24, 2.45) is 5.10 Å². The molecule has 0 aliphatic rings. The van der Waals surface area contributed by atoms with Gasteiger partial charge in [0.15, 0.2) is 0 Å². The van der Waals surface area contributed by atoms with Crippen LogP contribution in [0.5, 0.6) is 0 Å². The van der Waals surface area contributed by atoms with Crippen LogP contribution in [0.1, 0.15) is 41.4 Å². The molecule has 4 nitrogen and oxygen atoms in total. The number of hydrogen-bond donors (Lipinski definition) is 1. The van der Waals surface area contributed by atoms with Crippen molar-refractivity contribution in [3.05, 3.63) is 58.4 Å². The van der Waals surface area contributed by atoms with Gasteiger partial charge >= 0.3 is 0 Å². The number of carbonyl (C=O) groups is 1. The Bertz CT molecular complexity index is 674. The normalized spacial score (nSPS) is 11.3. The number of nitrogens with zero attached hydrogens (tertiary/aromatic N) is 2. The van der Waals surface area contributed by atoms with Crippen molar-refractivity contribution in [1.29, 1.82) is 0 Å². The zero-order valence-corrected chi connectivity index (χ0v) is 13.1.